The normalized spacial score (nSPS) is 15.7. The van der Waals surface area contributed by atoms with Crippen LogP contribution >= 0.6 is 0 Å². The van der Waals surface area contributed by atoms with Gasteiger partial charge in [-0.25, -0.2) is 4.79 Å². The molecule has 0 unspecified atom stereocenters. The molecule has 1 aliphatic heterocycles. The van der Waals surface area contributed by atoms with Crippen LogP contribution in [-0.2, 0) is 17.8 Å². The Balaban J connectivity index is 1.36. The molecule has 3 aromatic rings. The van der Waals surface area contributed by atoms with Crippen molar-refractivity contribution in [3.8, 4) is 5.75 Å². The van der Waals surface area contributed by atoms with E-state index in [9.17, 15) is 9.59 Å². The summed E-state index contributed by atoms with van der Waals surface area (Å²) in [5.74, 6) is 0.496. The zero-order chi connectivity index (χ0) is 21.8. The highest BCUT2D eigenvalue weighted by atomic mass is 16.5. The van der Waals surface area contributed by atoms with Crippen molar-refractivity contribution in [1.29, 1.82) is 0 Å². The number of hydrogen-bond acceptors (Lipinski definition) is 5. The van der Waals surface area contributed by atoms with E-state index in [0.717, 1.165) is 37.0 Å². The van der Waals surface area contributed by atoms with Crippen LogP contribution in [0, 0.1) is 0 Å². The quantitative estimate of drug-likeness (QED) is 0.572. The van der Waals surface area contributed by atoms with Crippen LogP contribution in [0.25, 0.3) is 11.0 Å². The van der Waals surface area contributed by atoms with Crippen molar-refractivity contribution in [2.45, 2.75) is 32.9 Å². The summed E-state index contributed by atoms with van der Waals surface area (Å²) in [5, 5.41) is 0.892. The molecule has 2 aromatic carbocycles. The fraction of sp³-hybridized carbons (Fsp3) is 0.360. The minimum atomic E-state index is -0.612. The number of benzene rings is 2. The maximum Gasteiger partial charge on any atom is 0.336 e. The van der Waals surface area contributed by atoms with E-state index < -0.39 is 6.10 Å². The second kappa shape index (κ2) is 9.35. The molecule has 0 saturated carbocycles. The fourth-order valence-electron chi connectivity index (χ4n) is 4.06. The summed E-state index contributed by atoms with van der Waals surface area (Å²) in [6.45, 7) is 7.72. The number of fused-ring (bicyclic) bond motifs is 1. The second-order valence-corrected chi connectivity index (χ2v) is 7.95. The van der Waals surface area contributed by atoms with Gasteiger partial charge in [0.05, 0.1) is 0 Å². The maximum absolute atomic E-state index is 12.9. The zero-order valence-corrected chi connectivity index (χ0v) is 18.0. The van der Waals surface area contributed by atoms with Gasteiger partial charge in [-0.3, -0.25) is 9.69 Å². The SMILES string of the molecule is CCc1cc(=O)oc2cc(O[C@@H](C)C(=O)N3CCN(Cc4ccccc4)CC3)ccc12. The number of amides is 1. The van der Waals surface area contributed by atoms with Crippen LogP contribution < -0.4 is 10.4 Å². The number of carbonyl (C=O) groups excluding carboxylic acids is 1. The first-order chi connectivity index (χ1) is 15.0. The fourth-order valence-corrected chi connectivity index (χ4v) is 4.06. The number of aryl methyl sites for hydroxylation is 1. The minimum Gasteiger partial charge on any atom is -0.481 e. The topological polar surface area (TPSA) is 63.0 Å². The number of ether oxygens (including phenoxy) is 1. The number of nitrogens with zero attached hydrogens (tertiary/aromatic N) is 2. The van der Waals surface area contributed by atoms with E-state index in [4.69, 9.17) is 9.15 Å². The zero-order valence-electron chi connectivity index (χ0n) is 18.0. The third kappa shape index (κ3) is 4.97. The first kappa shape index (κ1) is 21.1. The average Bonchev–Trinajstić information content (AvgIpc) is 2.79. The minimum absolute atomic E-state index is 0.0248. The number of rotatable bonds is 6. The van der Waals surface area contributed by atoms with Gasteiger partial charge in [0.1, 0.15) is 11.3 Å². The van der Waals surface area contributed by atoms with E-state index in [2.05, 4.69) is 29.2 Å². The van der Waals surface area contributed by atoms with Gasteiger partial charge in [0.15, 0.2) is 6.10 Å². The van der Waals surface area contributed by atoms with Crippen molar-refractivity contribution in [3.63, 3.8) is 0 Å². The van der Waals surface area contributed by atoms with Crippen molar-refractivity contribution in [2.24, 2.45) is 0 Å². The molecule has 6 heteroatoms. The molecule has 1 aromatic heterocycles. The van der Waals surface area contributed by atoms with Crippen LogP contribution in [0.1, 0.15) is 25.0 Å². The van der Waals surface area contributed by atoms with Crippen molar-refractivity contribution < 1.29 is 13.9 Å². The van der Waals surface area contributed by atoms with Crippen LogP contribution in [0.4, 0.5) is 0 Å². The van der Waals surface area contributed by atoms with E-state index in [-0.39, 0.29) is 11.5 Å². The molecule has 0 radical (unpaired) electrons. The predicted molar refractivity (Wildman–Crippen MR) is 120 cm³/mol. The van der Waals surface area contributed by atoms with Crippen molar-refractivity contribution in [1.82, 2.24) is 9.80 Å². The summed E-state index contributed by atoms with van der Waals surface area (Å²) in [7, 11) is 0. The molecule has 6 nitrogen and oxygen atoms in total. The Kier molecular flexibility index (Phi) is 6.37. The lowest BCUT2D eigenvalue weighted by molar-refractivity contribution is -0.139. The standard InChI is InChI=1S/C25H28N2O4/c1-3-20-15-24(28)31-23-16-21(9-10-22(20)23)30-18(2)25(29)27-13-11-26(12-14-27)17-19-7-5-4-6-8-19/h4-10,15-16,18H,3,11-14,17H2,1-2H3/t18-/m0/s1. The lowest BCUT2D eigenvalue weighted by atomic mass is 10.1. The van der Waals surface area contributed by atoms with Gasteiger partial charge in [-0.05, 0) is 36.6 Å². The Hall–Kier alpha value is -3.12. The molecule has 1 atom stereocenters. The molecule has 0 aliphatic carbocycles. The van der Waals surface area contributed by atoms with E-state index in [1.54, 1.807) is 13.0 Å². The molecule has 0 spiro atoms. The molecule has 1 saturated heterocycles. The van der Waals surface area contributed by atoms with Crippen LogP contribution in [0.2, 0.25) is 0 Å². The van der Waals surface area contributed by atoms with Gasteiger partial charge in [0.25, 0.3) is 5.91 Å². The van der Waals surface area contributed by atoms with Crippen molar-refractivity contribution in [3.05, 3.63) is 76.1 Å². The van der Waals surface area contributed by atoms with Gasteiger partial charge in [0, 0.05) is 50.2 Å². The highest BCUT2D eigenvalue weighted by molar-refractivity contribution is 5.83. The Bertz CT molecular complexity index is 1100. The molecule has 162 valence electrons. The molecule has 1 fully saturated rings. The second-order valence-electron chi connectivity index (χ2n) is 7.95. The van der Waals surface area contributed by atoms with E-state index >= 15 is 0 Å². The summed E-state index contributed by atoms with van der Waals surface area (Å²) in [5.41, 5.74) is 2.33. The van der Waals surface area contributed by atoms with Crippen LogP contribution in [0.15, 0.2) is 63.8 Å². The maximum atomic E-state index is 12.9. The molecule has 4 rings (SSSR count). The monoisotopic (exact) mass is 420 g/mol. The van der Waals surface area contributed by atoms with Gasteiger partial charge in [-0.2, -0.15) is 0 Å². The summed E-state index contributed by atoms with van der Waals surface area (Å²) >= 11 is 0. The van der Waals surface area contributed by atoms with Crippen molar-refractivity contribution in [2.75, 3.05) is 26.2 Å². The third-order valence-corrected chi connectivity index (χ3v) is 5.78. The third-order valence-electron chi connectivity index (χ3n) is 5.78. The van der Waals surface area contributed by atoms with E-state index in [1.807, 2.05) is 30.0 Å². The summed E-state index contributed by atoms with van der Waals surface area (Å²) in [6.07, 6.45) is 0.132. The molecule has 2 heterocycles. The smallest absolute Gasteiger partial charge is 0.336 e. The lowest BCUT2D eigenvalue weighted by Gasteiger charge is -2.35. The van der Waals surface area contributed by atoms with Crippen LogP contribution in [0.3, 0.4) is 0 Å². The first-order valence-electron chi connectivity index (χ1n) is 10.8. The Morgan fingerprint density at radius 3 is 2.52 bits per heavy atom. The molecule has 0 N–H and O–H groups in total. The Labute approximate surface area is 182 Å². The number of carbonyl (C=O) groups is 1. The van der Waals surface area contributed by atoms with E-state index in [0.29, 0.717) is 24.4 Å². The average molecular weight is 421 g/mol. The predicted octanol–water partition coefficient (Wildman–Crippen LogP) is 3.47. The molecule has 31 heavy (non-hydrogen) atoms. The van der Waals surface area contributed by atoms with Gasteiger partial charge < -0.3 is 14.1 Å². The van der Waals surface area contributed by atoms with Gasteiger partial charge >= 0.3 is 5.63 Å². The molecule has 1 amide bonds. The first-order valence-corrected chi connectivity index (χ1v) is 10.8. The van der Waals surface area contributed by atoms with Gasteiger partial charge in [-0.1, -0.05) is 37.3 Å². The summed E-state index contributed by atoms with van der Waals surface area (Å²) in [4.78, 5) is 28.9. The van der Waals surface area contributed by atoms with Crippen molar-refractivity contribution >= 4 is 16.9 Å². The molecule has 0 bridgehead atoms. The Morgan fingerprint density at radius 2 is 1.81 bits per heavy atom. The summed E-state index contributed by atoms with van der Waals surface area (Å²) in [6, 6.07) is 17.3. The number of piperazine rings is 1. The van der Waals surface area contributed by atoms with Crippen LogP contribution in [0.5, 0.6) is 5.75 Å². The van der Waals surface area contributed by atoms with Crippen LogP contribution in [-0.4, -0.2) is 48.0 Å². The molecular weight excluding hydrogens is 392 g/mol. The highest BCUT2D eigenvalue weighted by Crippen LogP contribution is 2.24. The molecule has 1 aliphatic rings. The van der Waals surface area contributed by atoms with Gasteiger partial charge in [0.2, 0.25) is 0 Å². The number of hydrogen-bond donors (Lipinski definition) is 0. The Morgan fingerprint density at radius 1 is 1.06 bits per heavy atom. The van der Waals surface area contributed by atoms with Gasteiger partial charge in [-0.15, -0.1) is 0 Å². The highest BCUT2D eigenvalue weighted by Gasteiger charge is 2.26. The molecular formula is C25H28N2O4. The summed E-state index contributed by atoms with van der Waals surface area (Å²) < 4.78 is 11.2. The lowest BCUT2D eigenvalue weighted by Crippen LogP contribution is -2.51. The largest absolute Gasteiger partial charge is 0.481 e. The van der Waals surface area contributed by atoms with E-state index in [1.165, 1.54) is 11.6 Å².